The molecule has 0 amide bonds. The lowest BCUT2D eigenvalue weighted by Gasteiger charge is -2.10. The fourth-order valence-electron chi connectivity index (χ4n) is 1.62. The van der Waals surface area contributed by atoms with E-state index >= 15 is 0 Å². The molecule has 7 heteroatoms. The summed E-state index contributed by atoms with van der Waals surface area (Å²) in [5.41, 5.74) is 0.788. The molecule has 0 spiro atoms. The Morgan fingerprint density at radius 1 is 1.47 bits per heavy atom. The van der Waals surface area contributed by atoms with E-state index < -0.39 is 6.55 Å². The number of rotatable bonds is 5. The Balaban J connectivity index is 2.06. The Bertz CT molecular complexity index is 560. The molecule has 0 fully saturated rings. The lowest BCUT2D eigenvalue weighted by molar-refractivity contribution is 0.0673. The van der Waals surface area contributed by atoms with Gasteiger partial charge < -0.3 is 10.1 Å². The third kappa shape index (κ3) is 3.23. The first kappa shape index (κ1) is 13.8. The van der Waals surface area contributed by atoms with Gasteiger partial charge in [-0.15, -0.1) is 0 Å². The van der Waals surface area contributed by atoms with Gasteiger partial charge in [-0.2, -0.15) is 8.78 Å². The third-order valence-electron chi connectivity index (χ3n) is 2.56. The van der Waals surface area contributed by atoms with E-state index in [-0.39, 0.29) is 12.4 Å². The largest absolute Gasteiger partial charge is 0.496 e. The minimum absolute atomic E-state index is 0.218. The number of anilines is 1. The van der Waals surface area contributed by atoms with Crippen LogP contribution in [-0.4, -0.2) is 16.7 Å². The highest BCUT2D eigenvalue weighted by Gasteiger charge is 2.11. The Morgan fingerprint density at radius 3 is 2.89 bits per heavy atom. The van der Waals surface area contributed by atoms with E-state index in [1.807, 2.05) is 6.07 Å². The van der Waals surface area contributed by atoms with Crippen LogP contribution >= 0.6 is 15.9 Å². The lowest BCUT2D eigenvalue weighted by Crippen LogP contribution is -2.09. The lowest BCUT2D eigenvalue weighted by atomic mass is 10.3. The molecule has 0 radical (unpaired) electrons. The number of hydrogen-bond acceptors (Lipinski definition) is 3. The van der Waals surface area contributed by atoms with Crippen molar-refractivity contribution in [1.82, 2.24) is 9.55 Å². The van der Waals surface area contributed by atoms with Crippen LogP contribution in [0.1, 0.15) is 12.4 Å². The first-order valence-electron chi connectivity index (χ1n) is 5.49. The average molecular weight is 332 g/mol. The van der Waals surface area contributed by atoms with Gasteiger partial charge in [0.25, 0.3) is 0 Å². The summed E-state index contributed by atoms with van der Waals surface area (Å²) in [5, 5.41) is 3.03. The van der Waals surface area contributed by atoms with Crippen LogP contribution < -0.4 is 10.1 Å². The molecular weight excluding hydrogens is 320 g/mol. The standard InChI is InChI=1S/C12H12BrF2N3O/c1-19-10-3-2-8(6-9(10)13)17-7-11-16-4-5-18(11)12(14)15/h2-6,12,17H,7H2,1H3. The number of aromatic nitrogens is 2. The molecule has 0 saturated heterocycles. The maximum absolute atomic E-state index is 12.6. The molecule has 1 N–H and O–H groups in total. The van der Waals surface area contributed by atoms with Gasteiger partial charge in [-0.25, -0.2) is 4.98 Å². The van der Waals surface area contributed by atoms with Crippen molar-refractivity contribution < 1.29 is 13.5 Å². The zero-order valence-electron chi connectivity index (χ0n) is 10.1. The molecule has 0 atom stereocenters. The van der Waals surface area contributed by atoms with E-state index in [2.05, 4.69) is 26.2 Å². The second-order valence-electron chi connectivity index (χ2n) is 3.73. The molecule has 1 aromatic carbocycles. The summed E-state index contributed by atoms with van der Waals surface area (Å²) in [6.45, 7) is -2.36. The van der Waals surface area contributed by atoms with E-state index in [0.29, 0.717) is 5.75 Å². The summed E-state index contributed by atoms with van der Waals surface area (Å²) >= 11 is 3.36. The monoisotopic (exact) mass is 331 g/mol. The third-order valence-corrected chi connectivity index (χ3v) is 3.18. The number of benzene rings is 1. The van der Waals surface area contributed by atoms with Gasteiger partial charge in [-0.05, 0) is 34.1 Å². The summed E-state index contributed by atoms with van der Waals surface area (Å²) in [6.07, 6.45) is 2.61. The normalized spacial score (nSPS) is 10.8. The van der Waals surface area contributed by atoms with Crippen molar-refractivity contribution in [3.8, 4) is 5.75 Å². The smallest absolute Gasteiger partial charge is 0.319 e. The van der Waals surface area contributed by atoms with Gasteiger partial charge in [-0.1, -0.05) is 0 Å². The highest BCUT2D eigenvalue weighted by atomic mass is 79.9. The predicted molar refractivity (Wildman–Crippen MR) is 71.5 cm³/mol. The van der Waals surface area contributed by atoms with Crippen LogP contribution in [0.25, 0.3) is 0 Å². The van der Waals surface area contributed by atoms with Gasteiger partial charge in [0.05, 0.1) is 18.1 Å². The van der Waals surface area contributed by atoms with Gasteiger partial charge in [0, 0.05) is 18.1 Å². The minimum Gasteiger partial charge on any atom is -0.496 e. The predicted octanol–water partition coefficient (Wildman–Crippen LogP) is 3.66. The maximum Gasteiger partial charge on any atom is 0.319 e. The highest BCUT2D eigenvalue weighted by Crippen LogP contribution is 2.27. The molecule has 1 aromatic heterocycles. The minimum atomic E-state index is -2.58. The van der Waals surface area contributed by atoms with Crippen LogP contribution in [0, 0.1) is 0 Å². The molecule has 2 rings (SSSR count). The second kappa shape index (κ2) is 6.01. The number of nitrogens with one attached hydrogen (secondary N) is 1. The van der Waals surface area contributed by atoms with E-state index in [4.69, 9.17) is 4.74 Å². The van der Waals surface area contributed by atoms with Gasteiger partial charge in [-0.3, -0.25) is 4.57 Å². The molecule has 2 aromatic rings. The van der Waals surface area contributed by atoms with Crippen molar-refractivity contribution in [2.24, 2.45) is 0 Å². The highest BCUT2D eigenvalue weighted by molar-refractivity contribution is 9.10. The summed E-state index contributed by atoms with van der Waals surface area (Å²) in [6, 6.07) is 5.40. The summed E-state index contributed by atoms with van der Waals surface area (Å²) in [4.78, 5) is 3.89. The Labute approximate surface area is 117 Å². The molecular formula is C12H12BrF2N3O. The van der Waals surface area contributed by atoms with Crippen LogP contribution in [0.2, 0.25) is 0 Å². The molecule has 0 bridgehead atoms. The quantitative estimate of drug-likeness (QED) is 0.908. The van der Waals surface area contributed by atoms with E-state index in [0.717, 1.165) is 14.7 Å². The molecule has 1 heterocycles. The van der Waals surface area contributed by atoms with Gasteiger partial charge >= 0.3 is 6.55 Å². The van der Waals surface area contributed by atoms with Crippen LogP contribution in [0.5, 0.6) is 5.75 Å². The van der Waals surface area contributed by atoms with Crippen molar-refractivity contribution in [3.05, 3.63) is 40.9 Å². The molecule has 0 unspecified atom stereocenters. The molecule has 0 aliphatic carbocycles. The number of methoxy groups -OCH3 is 1. The first-order chi connectivity index (χ1) is 9.11. The van der Waals surface area contributed by atoms with Crippen molar-refractivity contribution in [1.29, 1.82) is 0 Å². The number of hydrogen-bond donors (Lipinski definition) is 1. The van der Waals surface area contributed by atoms with Crippen LogP contribution in [-0.2, 0) is 6.54 Å². The van der Waals surface area contributed by atoms with Gasteiger partial charge in [0.15, 0.2) is 0 Å². The van der Waals surface area contributed by atoms with Crippen LogP contribution in [0.3, 0.4) is 0 Å². The number of nitrogens with zero attached hydrogens (tertiary/aromatic N) is 2. The zero-order chi connectivity index (χ0) is 13.8. The molecule has 102 valence electrons. The van der Waals surface area contributed by atoms with Crippen LogP contribution in [0.15, 0.2) is 35.1 Å². The number of alkyl halides is 2. The molecule has 4 nitrogen and oxygen atoms in total. The molecule has 0 aliphatic heterocycles. The fourth-order valence-corrected chi connectivity index (χ4v) is 2.16. The Morgan fingerprint density at radius 2 is 2.26 bits per heavy atom. The van der Waals surface area contributed by atoms with Crippen LogP contribution in [0.4, 0.5) is 14.5 Å². The Hall–Kier alpha value is -1.63. The first-order valence-corrected chi connectivity index (χ1v) is 6.28. The van der Waals surface area contributed by atoms with Gasteiger partial charge in [0.1, 0.15) is 11.6 Å². The zero-order valence-corrected chi connectivity index (χ0v) is 11.7. The fraction of sp³-hybridized carbons (Fsp3) is 0.250. The van der Waals surface area contributed by atoms with Crippen molar-refractivity contribution in [2.75, 3.05) is 12.4 Å². The van der Waals surface area contributed by atoms with Crippen molar-refractivity contribution in [2.45, 2.75) is 13.1 Å². The SMILES string of the molecule is COc1ccc(NCc2nccn2C(F)F)cc1Br. The average Bonchev–Trinajstić information content (AvgIpc) is 2.85. The van der Waals surface area contributed by atoms with E-state index in [9.17, 15) is 8.78 Å². The molecule has 19 heavy (non-hydrogen) atoms. The van der Waals surface area contributed by atoms with Crippen molar-refractivity contribution >= 4 is 21.6 Å². The number of halogens is 3. The van der Waals surface area contributed by atoms with Gasteiger partial charge in [0.2, 0.25) is 0 Å². The Kier molecular flexibility index (Phi) is 4.36. The number of ether oxygens (including phenoxy) is 1. The van der Waals surface area contributed by atoms with E-state index in [1.165, 1.54) is 12.4 Å². The molecule has 0 saturated carbocycles. The van der Waals surface area contributed by atoms with Crippen molar-refractivity contribution in [3.63, 3.8) is 0 Å². The summed E-state index contributed by atoms with van der Waals surface area (Å²) < 4.78 is 32.0. The second-order valence-corrected chi connectivity index (χ2v) is 4.59. The van der Waals surface area contributed by atoms with E-state index in [1.54, 1.807) is 19.2 Å². The topological polar surface area (TPSA) is 39.1 Å². The maximum atomic E-state index is 12.6. The molecule has 0 aliphatic rings. The summed E-state index contributed by atoms with van der Waals surface area (Å²) in [5.74, 6) is 0.988. The number of imidazole rings is 1. The summed E-state index contributed by atoms with van der Waals surface area (Å²) in [7, 11) is 1.58.